The normalized spacial score (nSPS) is 10.3. The summed E-state index contributed by atoms with van der Waals surface area (Å²) in [7, 11) is 0. The molecule has 1 amide bonds. The molecular formula is C14H9Cl4NO2. The van der Waals surface area contributed by atoms with Gasteiger partial charge in [0.15, 0.2) is 6.61 Å². The largest absolute Gasteiger partial charge is 0.484 e. The first-order chi connectivity index (χ1) is 9.95. The van der Waals surface area contributed by atoms with Gasteiger partial charge in [0.2, 0.25) is 0 Å². The molecule has 0 saturated heterocycles. The molecule has 0 spiro atoms. The summed E-state index contributed by atoms with van der Waals surface area (Å²) < 4.78 is 5.32. The molecular weight excluding hydrogens is 356 g/mol. The fraction of sp³-hybridized carbons (Fsp3) is 0.0714. The second-order valence-electron chi connectivity index (χ2n) is 4.04. The minimum absolute atomic E-state index is 0.184. The van der Waals surface area contributed by atoms with Crippen LogP contribution in [0.25, 0.3) is 0 Å². The first kappa shape index (κ1) is 16.2. The Balaban J connectivity index is 1.97. The van der Waals surface area contributed by atoms with Gasteiger partial charge in [0.05, 0.1) is 15.7 Å². The number of amides is 1. The highest BCUT2D eigenvalue weighted by Gasteiger charge is 2.11. The number of anilines is 1. The van der Waals surface area contributed by atoms with Crippen LogP contribution in [-0.2, 0) is 4.79 Å². The van der Waals surface area contributed by atoms with Gasteiger partial charge in [-0.15, -0.1) is 0 Å². The van der Waals surface area contributed by atoms with Crippen molar-refractivity contribution in [3.8, 4) is 5.75 Å². The van der Waals surface area contributed by atoms with Gasteiger partial charge in [-0.05, 0) is 36.4 Å². The van der Waals surface area contributed by atoms with Gasteiger partial charge in [0, 0.05) is 10.0 Å². The summed E-state index contributed by atoms with van der Waals surface area (Å²) >= 11 is 23.5. The van der Waals surface area contributed by atoms with Crippen molar-refractivity contribution in [2.45, 2.75) is 0 Å². The Morgan fingerprint density at radius 1 is 0.952 bits per heavy atom. The van der Waals surface area contributed by atoms with Crippen LogP contribution in [0.2, 0.25) is 20.1 Å². The summed E-state index contributed by atoms with van der Waals surface area (Å²) in [5.41, 5.74) is 0.299. The minimum Gasteiger partial charge on any atom is -0.484 e. The monoisotopic (exact) mass is 363 g/mol. The predicted molar refractivity (Wildman–Crippen MR) is 87.0 cm³/mol. The number of ether oxygens (including phenoxy) is 1. The van der Waals surface area contributed by atoms with Crippen molar-refractivity contribution in [2.75, 3.05) is 11.9 Å². The van der Waals surface area contributed by atoms with Crippen LogP contribution in [0.1, 0.15) is 0 Å². The van der Waals surface area contributed by atoms with E-state index in [9.17, 15) is 4.79 Å². The third kappa shape index (κ3) is 4.68. The zero-order valence-corrected chi connectivity index (χ0v) is 13.5. The number of hydrogen-bond donors (Lipinski definition) is 1. The van der Waals surface area contributed by atoms with E-state index in [0.717, 1.165) is 0 Å². The predicted octanol–water partition coefficient (Wildman–Crippen LogP) is 5.32. The van der Waals surface area contributed by atoms with E-state index in [1.54, 1.807) is 24.3 Å². The fourth-order valence-corrected chi connectivity index (χ4v) is 2.55. The highest BCUT2D eigenvalue weighted by molar-refractivity contribution is 6.42. The highest BCUT2D eigenvalue weighted by atomic mass is 35.5. The summed E-state index contributed by atoms with van der Waals surface area (Å²) in [6, 6.07) is 9.65. The molecule has 110 valence electrons. The van der Waals surface area contributed by atoms with E-state index in [-0.39, 0.29) is 16.7 Å². The molecule has 0 aromatic heterocycles. The number of hydrogen-bond acceptors (Lipinski definition) is 2. The molecule has 0 unspecified atom stereocenters. The molecule has 0 aliphatic rings. The van der Waals surface area contributed by atoms with Crippen molar-refractivity contribution >= 4 is 58.0 Å². The van der Waals surface area contributed by atoms with Crippen LogP contribution in [0.5, 0.6) is 5.75 Å². The third-order valence-electron chi connectivity index (χ3n) is 2.45. The van der Waals surface area contributed by atoms with Crippen molar-refractivity contribution in [1.82, 2.24) is 0 Å². The van der Waals surface area contributed by atoms with Crippen molar-refractivity contribution in [1.29, 1.82) is 0 Å². The van der Waals surface area contributed by atoms with Gasteiger partial charge in [0.25, 0.3) is 5.91 Å². The average molecular weight is 365 g/mol. The maximum absolute atomic E-state index is 11.8. The number of nitrogens with one attached hydrogen (secondary N) is 1. The van der Waals surface area contributed by atoms with Crippen LogP contribution in [0.4, 0.5) is 5.69 Å². The molecule has 0 atom stereocenters. The quantitative estimate of drug-likeness (QED) is 0.797. The fourth-order valence-electron chi connectivity index (χ4n) is 1.52. The number of carbonyl (C=O) groups excluding carboxylic acids is 1. The smallest absolute Gasteiger partial charge is 0.262 e. The van der Waals surface area contributed by atoms with Gasteiger partial charge >= 0.3 is 0 Å². The molecule has 0 bridgehead atoms. The lowest BCUT2D eigenvalue weighted by Crippen LogP contribution is -2.20. The third-order valence-corrected chi connectivity index (χ3v) is 3.52. The Bertz CT molecular complexity index is 636. The number of benzene rings is 2. The van der Waals surface area contributed by atoms with E-state index in [1.807, 2.05) is 0 Å². The standard InChI is InChI=1S/C14H9Cl4NO2/c15-8-1-3-10(4-2-8)21-7-13(20)19-14-11(17)5-9(16)6-12(14)18/h1-6H,7H2,(H,19,20). The van der Waals surface area contributed by atoms with Crippen LogP contribution in [0.15, 0.2) is 36.4 Å². The van der Waals surface area contributed by atoms with Gasteiger partial charge < -0.3 is 10.1 Å². The Morgan fingerprint density at radius 2 is 1.52 bits per heavy atom. The second kappa shape index (κ2) is 7.23. The van der Waals surface area contributed by atoms with Gasteiger partial charge in [-0.2, -0.15) is 0 Å². The maximum Gasteiger partial charge on any atom is 0.262 e. The van der Waals surface area contributed by atoms with E-state index in [2.05, 4.69) is 5.32 Å². The molecule has 21 heavy (non-hydrogen) atoms. The van der Waals surface area contributed by atoms with Crippen molar-refractivity contribution in [3.05, 3.63) is 56.5 Å². The van der Waals surface area contributed by atoms with Crippen molar-refractivity contribution in [3.63, 3.8) is 0 Å². The molecule has 0 aliphatic carbocycles. The van der Waals surface area contributed by atoms with E-state index in [4.69, 9.17) is 51.1 Å². The molecule has 0 aliphatic heterocycles. The molecule has 1 N–H and O–H groups in total. The van der Waals surface area contributed by atoms with E-state index in [0.29, 0.717) is 21.5 Å². The first-order valence-electron chi connectivity index (χ1n) is 5.78. The summed E-state index contributed by atoms with van der Waals surface area (Å²) in [6.45, 7) is -0.184. The van der Waals surface area contributed by atoms with E-state index < -0.39 is 5.91 Å². The highest BCUT2D eigenvalue weighted by Crippen LogP contribution is 2.33. The zero-order chi connectivity index (χ0) is 15.4. The molecule has 3 nitrogen and oxygen atoms in total. The van der Waals surface area contributed by atoms with Gasteiger partial charge in [-0.3, -0.25) is 4.79 Å². The van der Waals surface area contributed by atoms with Crippen LogP contribution < -0.4 is 10.1 Å². The summed E-state index contributed by atoms with van der Waals surface area (Å²) in [5.74, 6) is 0.138. The van der Waals surface area contributed by atoms with Crippen molar-refractivity contribution < 1.29 is 9.53 Å². The lowest BCUT2D eigenvalue weighted by molar-refractivity contribution is -0.118. The molecule has 0 heterocycles. The Hall–Kier alpha value is -1.13. The van der Waals surface area contributed by atoms with E-state index >= 15 is 0 Å². The Kier molecular flexibility index (Phi) is 5.59. The Labute approximate surface area is 141 Å². The summed E-state index contributed by atoms with van der Waals surface area (Å²) in [5, 5.41) is 4.07. The molecule has 2 aromatic rings. The molecule has 0 saturated carbocycles. The lowest BCUT2D eigenvalue weighted by Gasteiger charge is -2.10. The first-order valence-corrected chi connectivity index (χ1v) is 7.29. The van der Waals surface area contributed by atoms with Crippen LogP contribution >= 0.6 is 46.4 Å². The summed E-state index contributed by atoms with van der Waals surface area (Å²) in [4.78, 5) is 11.8. The summed E-state index contributed by atoms with van der Waals surface area (Å²) in [6.07, 6.45) is 0. The zero-order valence-electron chi connectivity index (χ0n) is 10.5. The minimum atomic E-state index is -0.393. The van der Waals surface area contributed by atoms with E-state index in [1.165, 1.54) is 12.1 Å². The Morgan fingerprint density at radius 3 is 2.10 bits per heavy atom. The maximum atomic E-state index is 11.8. The van der Waals surface area contributed by atoms with Gasteiger partial charge in [-0.1, -0.05) is 46.4 Å². The SMILES string of the molecule is O=C(COc1ccc(Cl)cc1)Nc1c(Cl)cc(Cl)cc1Cl. The molecule has 0 radical (unpaired) electrons. The number of carbonyl (C=O) groups is 1. The van der Waals surface area contributed by atoms with Gasteiger partial charge in [-0.25, -0.2) is 0 Å². The second-order valence-corrected chi connectivity index (χ2v) is 5.72. The van der Waals surface area contributed by atoms with Gasteiger partial charge in [0.1, 0.15) is 5.75 Å². The topological polar surface area (TPSA) is 38.3 Å². The van der Waals surface area contributed by atoms with Crippen molar-refractivity contribution in [2.24, 2.45) is 0 Å². The average Bonchev–Trinajstić information content (AvgIpc) is 2.42. The molecule has 2 rings (SSSR count). The molecule has 0 fully saturated rings. The van der Waals surface area contributed by atoms with Crippen LogP contribution in [0, 0.1) is 0 Å². The molecule has 7 heteroatoms. The number of rotatable bonds is 4. The van der Waals surface area contributed by atoms with Crippen LogP contribution in [0.3, 0.4) is 0 Å². The molecule has 2 aromatic carbocycles. The van der Waals surface area contributed by atoms with Crippen LogP contribution in [-0.4, -0.2) is 12.5 Å². The number of halogens is 4. The lowest BCUT2D eigenvalue weighted by atomic mass is 10.3.